The van der Waals surface area contributed by atoms with Gasteiger partial charge < -0.3 is 10.3 Å². The van der Waals surface area contributed by atoms with E-state index in [0.717, 1.165) is 0 Å². The molecule has 0 saturated carbocycles. The van der Waals surface area contributed by atoms with Gasteiger partial charge in [0.05, 0.1) is 16.6 Å². The summed E-state index contributed by atoms with van der Waals surface area (Å²) in [4.78, 5) is 20.0. The predicted octanol–water partition coefficient (Wildman–Crippen LogP) is 5.45. The Balaban J connectivity index is 1.57. The predicted molar refractivity (Wildman–Crippen MR) is 107 cm³/mol. The van der Waals surface area contributed by atoms with Crippen LogP contribution in [-0.2, 0) is 6.42 Å². The first kappa shape index (κ1) is 18.3. The van der Waals surface area contributed by atoms with Gasteiger partial charge in [0.25, 0.3) is 5.91 Å². The number of rotatable bonds is 4. The number of imidazole rings is 1. The van der Waals surface area contributed by atoms with Crippen molar-refractivity contribution in [2.75, 3.05) is 5.32 Å². The van der Waals surface area contributed by atoms with Gasteiger partial charge in [-0.05, 0) is 64.0 Å². The average molecular weight is 442 g/mol. The molecule has 4 nitrogen and oxygen atoms in total. The molecule has 140 valence electrons. The van der Waals surface area contributed by atoms with E-state index in [1.54, 1.807) is 36.4 Å². The molecule has 1 heterocycles. The quantitative estimate of drug-likeness (QED) is 0.442. The van der Waals surface area contributed by atoms with Gasteiger partial charge in [-0.2, -0.15) is 0 Å². The Morgan fingerprint density at radius 3 is 2.71 bits per heavy atom. The van der Waals surface area contributed by atoms with Crippen LogP contribution in [0.3, 0.4) is 0 Å². The number of aromatic amines is 1. The highest BCUT2D eigenvalue weighted by Crippen LogP contribution is 2.22. The third-order valence-electron chi connectivity index (χ3n) is 4.28. The van der Waals surface area contributed by atoms with E-state index in [4.69, 9.17) is 0 Å². The monoisotopic (exact) mass is 441 g/mol. The molecule has 7 heteroatoms. The molecule has 0 bridgehead atoms. The molecule has 0 fully saturated rings. The van der Waals surface area contributed by atoms with Crippen LogP contribution in [0.1, 0.15) is 21.7 Å². The number of carbonyl (C=O) groups is 1. The van der Waals surface area contributed by atoms with Crippen molar-refractivity contribution in [3.05, 3.63) is 93.7 Å². The number of halogens is 3. The van der Waals surface area contributed by atoms with Crippen LogP contribution in [0, 0.1) is 11.6 Å². The van der Waals surface area contributed by atoms with Crippen molar-refractivity contribution in [1.29, 1.82) is 0 Å². The smallest absolute Gasteiger partial charge is 0.256 e. The molecule has 0 unspecified atom stereocenters. The maximum absolute atomic E-state index is 13.8. The topological polar surface area (TPSA) is 57.8 Å². The van der Waals surface area contributed by atoms with E-state index >= 15 is 0 Å². The van der Waals surface area contributed by atoms with E-state index in [-0.39, 0.29) is 11.4 Å². The lowest BCUT2D eigenvalue weighted by molar-refractivity contribution is 0.102. The minimum Gasteiger partial charge on any atom is -0.342 e. The molecular formula is C21H14BrF2N3O. The fraction of sp³-hybridized carbons (Fsp3) is 0.0476. The van der Waals surface area contributed by atoms with Gasteiger partial charge in [-0.3, -0.25) is 4.79 Å². The summed E-state index contributed by atoms with van der Waals surface area (Å²) in [6.07, 6.45) is 0.333. The van der Waals surface area contributed by atoms with Crippen LogP contribution >= 0.6 is 15.9 Å². The molecule has 3 aromatic carbocycles. The normalized spacial score (nSPS) is 11.0. The highest BCUT2D eigenvalue weighted by molar-refractivity contribution is 9.10. The molecule has 28 heavy (non-hydrogen) atoms. The third kappa shape index (κ3) is 3.80. The van der Waals surface area contributed by atoms with E-state index in [1.807, 2.05) is 0 Å². The standard InChI is InChI=1S/C21H14BrF2N3O/c22-16-7-5-13(23)10-15(16)21(28)25-14-6-8-18-19(11-14)27-20(26-18)9-12-3-1-2-4-17(12)24/h1-8,10-11H,9H2,(H,25,28)(H,26,27). The number of aromatic nitrogens is 2. The summed E-state index contributed by atoms with van der Waals surface area (Å²) in [6.45, 7) is 0. The average Bonchev–Trinajstić information content (AvgIpc) is 3.07. The number of fused-ring (bicyclic) bond motifs is 1. The summed E-state index contributed by atoms with van der Waals surface area (Å²) in [7, 11) is 0. The molecule has 0 atom stereocenters. The molecule has 0 aliphatic carbocycles. The maximum Gasteiger partial charge on any atom is 0.256 e. The Bertz CT molecular complexity index is 1190. The van der Waals surface area contributed by atoms with Crippen LogP contribution in [-0.4, -0.2) is 15.9 Å². The van der Waals surface area contributed by atoms with Gasteiger partial charge in [0.1, 0.15) is 17.5 Å². The highest BCUT2D eigenvalue weighted by Gasteiger charge is 2.13. The van der Waals surface area contributed by atoms with Crippen molar-refractivity contribution in [2.24, 2.45) is 0 Å². The fourth-order valence-corrected chi connectivity index (χ4v) is 3.34. The Morgan fingerprint density at radius 2 is 1.89 bits per heavy atom. The number of anilines is 1. The molecule has 0 spiro atoms. The summed E-state index contributed by atoms with van der Waals surface area (Å²) in [5, 5.41) is 2.74. The summed E-state index contributed by atoms with van der Waals surface area (Å²) < 4.78 is 27.8. The van der Waals surface area contributed by atoms with E-state index < -0.39 is 11.7 Å². The minimum atomic E-state index is -0.491. The van der Waals surface area contributed by atoms with Gasteiger partial charge in [-0.1, -0.05) is 18.2 Å². The van der Waals surface area contributed by atoms with Gasteiger partial charge >= 0.3 is 0 Å². The van der Waals surface area contributed by atoms with Crippen molar-refractivity contribution in [1.82, 2.24) is 9.97 Å². The largest absolute Gasteiger partial charge is 0.342 e. The van der Waals surface area contributed by atoms with E-state index in [0.29, 0.717) is 39.0 Å². The molecule has 1 amide bonds. The van der Waals surface area contributed by atoms with Crippen LogP contribution in [0.5, 0.6) is 0 Å². The lowest BCUT2D eigenvalue weighted by Crippen LogP contribution is -2.12. The zero-order valence-corrected chi connectivity index (χ0v) is 16.1. The maximum atomic E-state index is 13.8. The SMILES string of the molecule is O=C(Nc1ccc2nc(Cc3ccccc3F)[nH]c2c1)c1cc(F)ccc1Br. The molecule has 4 rings (SSSR count). The number of carbonyl (C=O) groups excluding carboxylic acids is 1. The lowest BCUT2D eigenvalue weighted by atomic mass is 10.1. The van der Waals surface area contributed by atoms with Gasteiger partial charge in [-0.15, -0.1) is 0 Å². The van der Waals surface area contributed by atoms with Gasteiger partial charge in [-0.25, -0.2) is 13.8 Å². The van der Waals surface area contributed by atoms with Crippen molar-refractivity contribution in [3.8, 4) is 0 Å². The van der Waals surface area contributed by atoms with Gasteiger partial charge in [0, 0.05) is 16.6 Å². The zero-order chi connectivity index (χ0) is 19.7. The molecule has 4 aromatic rings. The second-order valence-corrected chi connectivity index (χ2v) is 7.12. The number of nitrogens with one attached hydrogen (secondary N) is 2. The number of nitrogens with zero attached hydrogens (tertiary/aromatic N) is 1. The van der Waals surface area contributed by atoms with E-state index in [1.165, 1.54) is 24.3 Å². The second kappa shape index (κ2) is 7.52. The molecule has 0 aliphatic rings. The molecule has 1 aromatic heterocycles. The first-order valence-corrected chi connectivity index (χ1v) is 9.27. The van der Waals surface area contributed by atoms with Crippen LogP contribution in [0.4, 0.5) is 14.5 Å². The number of amides is 1. The summed E-state index contributed by atoms with van der Waals surface area (Å²) >= 11 is 3.25. The van der Waals surface area contributed by atoms with E-state index in [2.05, 4.69) is 31.2 Å². The number of hydrogen-bond acceptors (Lipinski definition) is 2. The van der Waals surface area contributed by atoms with Gasteiger partial charge in [0.2, 0.25) is 0 Å². The number of benzene rings is 3. The Hall–Kier alpha value is -3.06. The first-order chi connectivity index (χ1) is 13.5. The van der Waals surface area contributed by atoms with Crippen LogP contribution in [0.2, 0.25) is 0 Å². The van der Waals surface area contributed by atoms with Crippen molar-refractivity contribution < 1.29 is 13.6 Å². The fourth-order valence-electron chi connectivity index (χ4n) is 2.92. The highest BCUT2D eigenvalue weighted by atomic mass is 79.9. The van der Waals surface area contributed by atoms with Crippen molar-refractivity contribution in [3.63, 3.8) is 0 Å². The third-order valence-corrected chi connectivity index (χ3v) is 4.97. The first-order valence-electron chi connectivity index (χ1n) is 8.48. The summed E-state index contributed by atoms with van der Waals surface area (Å²) in [5.41, 5.74) is 2.70. The molecule has 0 radical (unpaired) electrons. The number of H-pyrrole nitrogens is 1. The summed E-state index contributed by atoms with van der Waals surface area (Å²) in [6, 6.07) is 15.7. The van der Waals surface area contributed by atoms with Gasteiger partial charge in [0.15, 0.2) is 0 Å². The Labute approximate surface area is 167 Å². The van der Waals surface area contributed by atoms with E-state index in [9.17, 15) is 13.6 Å². The van der Waals surface area contributed by atoms with Crippen LogP contribution < -0.4 is 5.32 Å². The number of hydrogen-bond donors (Lipinski definition) is 2. The van der Waals surface area contributed by atoms with Crippen molar-refractivity contribution >= 4 is 38.6 Å². The van der Waals surface area contributed by atoms with Crippen molar-refractivity contribution in [2.45, 2.75) is 6.42 Å². The molecule has 2 N–H and O–H groups in total. The molecule has 0 saturated heterocycles. The lowest BCUT2D eigenvalue weighted by Gasteiger charge is -2.07. The van der Waals surface area contributed by atoms with Crippen LogP contribution in [0.25, 0.3) is 11.0 Å². The minimum absolute atomic E-state index is 0.199. The Morgan fingerprint density at radius 1 is 1.07 bits per heavy atom. The summed E-state index contributed by atoms with van der Waals surface area (Å²) in [5.74, 6) is -0.583. The molecule has 0 aliphatic heterocycles. The Kier molecular flexibility index (Phi) is 4.92. The zero-order valence-electron chi connectivity index (χ0n) is 14.5. The molecular weight excluding hydrogens is 428 g/mol. The second-order valence-electron chi connectivity index (χ2n) is 6.26. The van der Waals surface area contributed by atoms with Crippen LogP contribution in [0.15, 0.2) is 65.1 Å².